The van der Waals surface area contributed by atoms with Gasteiger partial charge < -0.3 is 14.8 Å². The molecule has 0 aliphatic carbocycles. The van der Waals surface area contributed by atoms with Crippen molar-refractivity contribution >= 4 is 34.1 Å². The lowest BCUT2D eigenvalue weighted by molar-refractivity contribution is 0.324. The summed E-state index contributed by atoms with van der Waals surface area (Å²) in [7, 11) is 0. The second-order valence-corrected chi connectivity index (χ2v) is 7.03. The normalized spacial score (nSPS) is 14.8. The van der Waals surface area contributed by atoms with Gasteiger partial charge in [0.1, 0.15) is 0 Å². The summed E-state index contributed by atoms with van der Waals surface area (Å²) in [5.74, 6) is 0.565. The van der Waals surface area contributed by atoms with Crippen molar-refractivity contribution in [2.45, 2.75) is 19.4 Å². The molecule has 0 amide bonds. The molecule has 1 N–H and O–H groups in total. The minimum absolute atomic E-state index is 0.213. The van der Waals surface area contributed by atoms with E-state index in [-0.39, 0.29) is 5.56 Å². The Balaban J connectivity index is 1.72. The van der Waals surface area contributed by atoms with Crippen LogP contribution in [0.25, 0.3) is 10.9 Å². The summed E-state index contributed by atoms with van der Waals surface area (Å²) in [6, 6.07) is 15.1. The number of hydrogen-bond donors (Lipinski definition) is 1. The van der Waals surface area contributed by atoms with Crippen LogP contribution in [0.2, 0.25) is 5.02 Å². The van der Waals surface area contributed by atoms with E-state index in [1.165, 1.54) is 12.8 Å². The van der Waals surface area contributed by atoms with E-state index in [0.717, 1.165) is 37.4 Å². The number of hydrogen-bond acceptors (Lipinski definition) is 4. The van der Waals surface area contributed by atoms with Crippen molar-refractivity contribution in [3.05, 3.63) is 63.9 Å². The van der Waals surface area contributed by atoms with Crippen LogP contribution in [0, 0.1) is 0 Å². The highest BCUT2D eigenvalue weighted by Crippen LogP contribution is 2.21. The monoisotopic (exact) mass is 368 g/mol. The predicted octanol–water partition coefficient (Wildman–Crippen LogP) is 3.89. The van der Waals surface area contributed by atoms with Crippen LogP contribution in [0.3, 0.4) is 0 Å². The van der Waals surface area contributed by atoms with Gasteiger partial charge in [-0.25, -0.2) is 0 Å². The highest BCUT2D eigenvalue weighted by Gasteiger charge is 2.15. The first kappa shape index (κ1) is 17.1. The fourth-order valence-electron chi connectivity index (χ4n) is 3.45. The van der Waals surface area contributed by atoms with Crippen molar-refractivity contribution in [2.75, 3.05) is 25.0 Å². The molecule has 1 aliphatic rings. The molecule has 0 unspecified atom stereocenters. The molecule has 0 radical (unpaired) electrons. The molecule has 1 saturated heterocycles. The summed E-state index contributed by atoms with van der Waals surface area (Å²) >= 11 is 5.97. The van der Waals surface area contributed by atoms with Gasteiger partial charge in [-0.15, -0.1) is 0 Å². The van der Waals surface area contributed by atoms with Crippen molar-refractivity contribution in [1.82, 2.24) is 14.5 Å². The maximum Gasteiger partial charge on any atom is 0.282 e. The molecule has 6 heteroatoms. The van der Waals surface area contributed by atoms with Crippen LogP contribution in [-0.4, -0.2) is 34.1 Å². The van der Waals surface area contributed by atoms with E-state index in [9.17, 15) is 4.79 Å². The van der Waals surface area contributed by atoms with E-state index in [2.05, 4.69) is 19.8 Å². The average molecular weight is 369 g/mol. The van der Waals surface area contributed by atoms with E-state index in [0.29, 0.717) is 16.4 Å². The minimum Gasteiger partial charge on any atom is -0.326 e. The van der Waals surface area contributed by atoms with Crippen LogP contribution in [0.1, 0.15) is 12.8 Å². The molecular formula is C20H21ClN4O. The first-order chi connectivity index (χ1) is 12.7. The van der Waals surface area contributed by atoms with Gasteiger partial charge in [0.2, 0.25) is 5.95 Å². The van der Waals surface area contributed by atoms with E-state index in [4.69, 9.17) is 11.6 Å². The van der Waals surface area contributed by atoms with Gasteiger partial charge in [-0.3, -0.25) is 4.79 Å². The van der Waals surface area contributed by atoms with Gasteiger partial charge in [0.15, 0.2) is 0 Å². The Morgan fingerprint density at radius 3 is 2.50 bits per heavy atom. The third kappa shape index (κ3) is 3.59. The molecule has 26 heavy (non-hydrogen) atoms. The smallest absolute Gasteiger partial charge is 0.282 e. The van der Waals surface area contributed by atoms with Crippen LogP contribution in [-0.2, 0) is 6.54 Å². The molecule has 3 aromatic rings. The third-order valence-electron chi connectivity index (χ3n) is 4.83. The van der Waals surface area contributed by atoms with Crippen LogP contribution in [0.5, 0.6) is 0 Å². The van der Waals surface area contributed by atoms with Gasteiger partial charge in [0, 0.05) is 23.8 Å². The Morgan fingerprint density at radius 1 is 1.00 bits per heavy atom. The van der Waals surface area contributed by atoms with Gasteiger partial charge in [0.25, 0.3) is 5.56 Å². The molecule has 2 aromatic carbocycles. The lowest BCUT2D eigenvalue weighted by Gasteiger charge is -2.20. The van der Waals surface area contributed by atoms with Gasteiger partial charge in [0.05, 0.1) is 10.9 Å². The van der Waals surface area contributed by atoms with E-state index < -0.39 is 0 Å². The van der Waals surface area contributed by atoms with E-state index in [1.807, 2.05) is 48.5 Å². The van der Waals surface area contributed by atoms with Crippen molar-refractivity contribution in [1.29, 1.82) is 0 Å². The number of benzene rings is 2. The Hall–Kier alpha value is -2.37. The quantitative estimate of drug-likeness (QED) is 0.742. The second-order valence-electron chi connectivity index (χ2n) is 6.59. The summed E-state index contributed by atoms with van der Waals surface area (Å²) in [6.45, 7) is 4.02. The second kappa shape index (κ2) is 7.48. The maximum atomic E-state index is 12.5. The van der Waals surface area contributed by atoms with E-state index in [1.54, 1.807) is 0 Å². The highest BCUT2D eigenvalue weighted by molar-refractivity contribution is 6.30. The Kier molecular flexibility index (Phi) is 4.91. The molecule has 4 rings (SSSR count). The number of nitrogens with one attached hydrogen (secondary N) is 1. The zero-order valence-corrected chi connectivity index (χ0v) is 15.2. The number of halogens is 1. The van der Waals surface area contributed by atoms with Gasteiger partial charge >= 0.3 is 0 Å². The number of likely N-dealkylation sites (tertiary alicyclic amines) is 1. The molecule has 0 spiro atoms. The standard InChI is InChI=1S/C20H21ClN4O/c21-15-7-9-16(10-8-15)22-20-23-19(26)17-5-1-2-6-18(17)25(20)14-13-24-11-3-4-12-24/h1-2,5-10H,3-4,11-14H2,(H,22,23,26). The molecule has 0 atom stereocenters. The largest absolute Gasteiger partial charge is 0.326 e. The lowest BCUT2D eigenvalue weighted by atomic mass is 10.2. The molecular weight excluding hydrogens is 348 g/mol. The van der Waals surface area contributed by atoms with Gasteiger partial charge in [-0.2, -0.15) is 4.98 Å². The number of para-hydroxylation sites is 1. The summed E-state index contributed by atoms with van der Waals surface area (Å²) in [6.07, 6.45) is 2.53. The Labute approximate surface area is 157 Å². The van der Waals surface area contributed by atoms with Crippen molar-refractivity contribution in [3.63, 3.8) is 0 Å². The lowest BCUT2D eigenvalue weighted by Crippen LogP contribution is -2.26. The predicted molar refractivity (Wildman–Crippen MR) is 106 cm³/mol. The molecule has 134 valence electrons. The fraction of sp³-hybridized carbons (Fsp3) is 0.300. The van der Waals surface area contributed by atoms with Gasteiger partial charge in [-0.1, -0.05) is 23.7 Å². The van der Waals surface area contributed by atoms with Crippen LogP contribution >= 0.6 is 11.6 Å². The first-order valence-corrected chi connectivity index (χ1v) is 9.33. The number of anilines is 2. The fourth-order valence-corrected chi connectivity index (χ4v) is 3.58. The molecule has 0 bridgehead atoms. The number of aromatic nitrogens is 2. The number of nitrogens with zero attached hydrogens (tertiary/aromatic N) is 3. The van der Waals surface area contributed by atoms with Crippen LogP contribution in [0.4, 0.5) is 11.6 Å². The topological polar surface area (TPSA) is 50.2 Å². The van der Waals surface area contributed by atoms with Crippen molar-refractivity contribution in [3.8, 4) is 0 Å². The zero-order valence-electron chi connectivity index (χ0n) is 14.5. The zero-order chi connectivity index (χ0) is 17.9. The van der Waals surface area contributed by atoms with Crippen molar-refractivity contribution < 1.29 is 0 Å². The Bertz CT molecular complexity index is 962. The Morgan fingerprint density at radius 2 is 1.73 bits per heavy atom. The van der Waals surface area contributed by atoms with Gasteiger partial charge in [-0.05, 0) is 62.3 Å². The number of fused-ring (bicyclic) bond motifs is 1. The molecule has 1 aliphatic heterocycles. The third-order valence-corrected chi connectivity index (χ3v) is 5.08. The molecule has 2 heterocycles. The van der Waals surface area contributed by atoms with E-state index >= 15 is 0 Å². The number of rotatable bonds is 5. The molecule has 5 nitrogen and oxygen atoms in total. The maximum absolute atomic E-state index is 12.5. The summed E-state index contributed by atoms with van der Waals surface area (Å²) in [4.78, 5) is 19.2. The highest BCUT2D eigenvalue weighted by atomic mass is 35.5. The molecule has 1 aromatic heterocycles. The molecule has 0 saturated carbocycles. The summed E-state index contributed by atoms with van der Waals surface area (Å²) in [5.41, 5.74) is 1.55. The average Bonchev–Trinajstić information content (AvgIpc) is 3.17. The SMILES string of the molecule is O=c1nc(Nc2ccc(Cl)cc2)n(CCN2CCCC2)c2ccccc12. The van der Waals surface area contributed by atoms with Crippen molar-refractivity contribution in [2.24, 2.45) is 0 Å². The van der Waals surface area contributed by atoms with Crippen LogP contribution < -0.4 is 10.9 Å². The summed E-state index contributed by atoms with van der Waals surface area (Å²) in [5, 5.41) is 4.61. The minimum atomic E-state index is -0.213. The van der Waals surface area contributed by atoms with Crippen LogP contribution in [0.15, 0.2) is 53.3 Å². The summed E-state index contributed by atoms with van der Waals surface area (Å²) < 4.78 is 2.10. The molecule has 1 fully saturated rings. The first-order valence-electron chi connectivity index (χ1n) is 8.95.